The number of carboxylic acids is 1. The maximum absolute atomic E-state index is 12.6. The van der Waals surface area contributed by atoms with Gasteiger partial charge in [0.15, 0.2) is 0 Å². The van der Waals surface area contributed by atoms with Gasteiger partial charge in [-0.1, -0.05) is 18.0 Å². The number of carbonyl (C=O) groups is 1. The van der Waals surface area contributed by atoms with Crippen LogP contribution in [0.5, 0.6) is 0 Å². The lowest BCUT2D eigenvalue weighted by atomic mass is 10.0. The third-order valence-corrected chi connectivity index (χ3v) is 7.81. The van der Waals surface area contributed by atoms with Gasteiger partial charge in [0, 0.05) is 28.5 Å². The summed E-state index contributed by atoms with van der Waals surface area (Å²) in [5, 5.41) is 15.5. The number of carboxylic acid groups (broad SMARTS) is 1. The van der Waals surface area contributed by atoms with Gasteiger partial charge in [-0.3, -0.25) is 4.79 Å². The number of nitrogens with zero attached hydrogens (tertiary/aromatic N) is 1. The van der Waals surface area contributed by atoms with E-state index < -0.39 is 16.0 Å². The van der Waals surface area contributed by atoms with Crippen LogP contribution in [0, 0.1) is 6.92 Å². The van der Waals surface area contributed by atoms with Gasteiger partial charge in [0.1, 0.15) is 4.90 Å². The predicted molar refractivity (Wildman–Crippen MR) is 126 cm³/mol. The Bertz CT molecular complexity index is 916. The smallest absolute Gasteiger partial charge is 0.313 e. The van der Waals surface area contributed by atoms with Crippen LogP contribution in [0.25, 0.3) is 0 Å². The average molecular weight is 491 g/mol. The molecule has 0 aliphatic carbocycles. The van der Waals surface area contributed by atoms with Crippen molar-refractivity contribution in [3.63, 3.8) is 0 Å². The maximum atomic E-state index is 12.6. The van der Waals surface area contributed by atoms with Crippen molar-refractivity contribution in [1.29, 1.82) is 0 Å². The van der Waals surface area contributed by atoms with E-state index in [4.69, 9.17) is 16.7 Å². The highest BCUT2D eigenvalue weighted by Gasteiger charge is 2.24. The number of thioether (sulfide) groups is 1. The van der Waals surface area contributed by atoms with Crippen molar-refractivity contribution in [2.24, 2.45) is 4.99 Å². The molecule has 0 aromatic heterocycles. The molecule has 174 valence electrons. The highest BCUT2D eigenvalue weighted by molar-refractivity contribution is 8.00. The van der Waals surface area contributed by atoms with E-state index in [-0.39, 0.29) is 27.5 Å². The lowest BCUT2D eigenvalue weighted by molar-refractivity contribution is -0.133. The Morgan fingerprint density at radius 1 is 1.29 bits per heavy atom. The molecule has 3 rings (SSSR count). The zero-order valence-corrected chi connectivity index (χ0v) is 20.6. The summed E-state index contributed by atoms with van der Waals surface area (Å²) >= 11 is 6.93. The van der Waals surface area contributed by atoms with Gasteiger partial charge in [0.2, 0.25) is 5.96 Å². The number of halogens is 1. The zero-order chi connectivity index (χ0) is 23.2. The van der Waals surface area contributed by atoms with Gasteiger partial charge in [0.05, 0.1) is 11.8 Å². The molecule has 1 saturated heterocycles. The van der Waals surface area contributed by atoms with Crippen molar-refractivity contribution in [3.05, 3.63) is 22.7 Å². The Labute approximate surface area is 193 Å². The SMILES string of the molecule is CC1CCCC(C)N1.Cc1cc(S(=O)(=O)NC2=NC(C)CN2)c(SCC(=O)O)cc1Cl. The largest absolute Gasteiger partial charge is 0.481 e. The second-order valence-electron chi connectivity index (χ2n) is 7.94. The Kier molecular flexibility index (Phi) is 9.47. The molecule has 31 heavy (non-hydrogen) atoms. The Hall–Kier alpha value is -1.49. The molecule has 2 heterocycles. The number of rotatable bonds is 5. The fourth-order valence-electron chi connectivity index (χ4n) is 3.28. The summed E-state index contributed by atoms with van der Waals surface area (Å²) in [7, 11) is -3.90. The number of hydrogen-bond acceptors (Lipinski definition) is 7. The Balaban J connectivity index is 0.000000357. The topological polar surface area (TPSA) is 120 Å². The van der Waals surface area contributed by atoms with E-state index in [1.807, 2.05) is 6.92 Å². The molecular formula is C20H31ClN4O4S2. The fourth-order valence-corrected chi connectivity index (χ4v) is 5.84. The van der Waals surface area contributed by atoms with Crippen molar-refractivity contribution >= 4 is 45.3 Å². The molecular weight excluding hydrogens is 460 g/mol. The summed E-state index contributed by atoms with van der Waals surface area (Å²) < 4.78 is 27.6. The molecule has 2 aliphatic rings. The van der Waals surface area contributed by atoms with E-state index in [1.54, 1.807) is 6.92 Å². The van der Waals surface area contributed by atoms with E-state index in [1.165, 1.54) is 31.4 Å². The number of guanidine groups is 1. The third-order valence-electron chi connectivity index (χ3n) is 4.85. The first kappa shape index (κ1) is 25.8. The lowest BCUT2D eigenvalue weighted by Gasteiger charge is -2.25. The second-order valence-corrected chi connectivity index (χ2v) is 11.0. The van der Waals surface area contributed by atoms with E-state index in [9.17, 15) is 13.2 Å². The molecule has 1 aromatic rings. The number of aliphatic imine (C=N–C) groups is 1. The average Bonchev–Trinajstić information content (AvgIpc) is 3.06. The summed E-state index contributed by atoms with van der Waals surface area (Å²) in [5.41, 5.74) is 0.585. The third kappa shape index (κ3) is 8.17. The van der Waals surface area contributed by atoms with Gasteiger partial charge >= 0.3 is 5.97 Å². The van der Waals surface area contributed by atoms with Gasteiger partial charge in [-0.05, 0) is 58.2 Å². The van der Waals surface area contributed by atoms with E-state index in [2.05, 4.69) is 34.2 Å². The van der Waals surface area contributed by atoms with Crippen LogP contribution in [-0.2, 0) is 14.8 Å². The molecule has 8 nitrogen and oxygen atoms in total. The van der Waals surface area contributed by atoms with E-state index in [0.717, 1.165) is 23.8 Å². The molecule has 3 unspecified atom stereocenters. The molecule has 3 atom stereocenters. The molecule has 0 bridgehead atoms. The number of aryl methyl sites for hydroxylation is 1. The summed E-state index contributed by atoms with van der Waals surface area (Å²) in [4.78, 5) is 15.1. The molecule has 2 aliphatic heterocycles. The van der Waals surface area contributed by atoms with E-state index in [0.29, 0.717) is 17.1 Å². The van der Waals surface area contributed by atoms with E-state index >= 15 is 0 Å². The highest BCUT2D eigenvalue weighted by Crippen LogP contribution is 2.31. The monoisotopic (exact) mass is 490 g/mol. The molecule has 0 spiro atoms. The highest BCUT2D eigenvalue weighted by atomic mass is 35.5. The number of nitrogens with one attached hydrogen (secondary N) is 3. The number of sulfonamides is 1. The second kappa shape index (κ2) is 11.4. The number of hydrogen-bond donors (Lipinski definition) is 4. The summed E-state index contributed by atoms with van der Waals surface area (Å²) in [6.45, 7) is 8.61. The van der Waals surface area contributed by atoms with Crippen molar-refractivity contribution in [2.75, 3.05) is 12.3 Å². The van der Waals surface area contributed by atoms with Crippen LogP contribution >= 0.6 is 23.4 Å². The first-order valence-electron chi connectivity index (χ1n) is 10.2. The number of aliphatic carboxylic acids is 1. The molecule has 0 amide bonds. The maximum Gasteiger partial charge on any atom is 0.313 e. The van der Waals surface area contributed by atoms with Crippen LogP contribution in [0.15, 0.2) is 26.9 Å². The van der Waals surface area contributed by atoms with Crippen LogP contribution < -0.4 is 15.4 Å². The number of piperidine rings is 1. The molecule has 11 heteroatoms. The quantitative estimate of drug-likeness (QED) is 0.468. The lowest BCUT2D eigenvalue weighted by Crippen LogP contribution is -2.38. The van der Waals surface area contributed by atoms with Gasteiger partial charge in [-0.2, -0.15) is 0 Å². The van der Waals surface area contributed by atoms with Gasteiger partial charge < -0.3 is 15.7 Å². The standard InChI is InChI=1S/C13H16ClN3O4S2.C7H15N/c1-7-3-11(10(4-9(7)14)22-6-12(18)19)23(20,21)17-13-15-5-8(2)16-13;1-6-4-3-5-7(2)8-6/h3-4,8H,5-6H2,1-2H3,(H,18,19)(H2,15,16,17);6-8H,3-5H2,1-2H3. The summed E-state index contributed by atoms with van der Waals surface area (Å²) in [6, 6.07) is 4.40. The minimum atomic E-state index is -3.90. The molecule has 0 radical (unpaired) electrons. The van der Waals surface area contributed by atoms with Crippen molar-refractivity contribution in [3.8, 4) is 0 Å². The van der Waals surface area contributed by atoms with Crippen LogP contribution in [-0.4, -0.2) is 55.9 Å². The van der Waals surface area contributed by atoms with Crippen molar-refractivity contribution < 1.29 is 18.3 Å². The van der Waals surface area contributed by atoms with Gasteiger partial charge in [-0.15, -0.1) is 11.8 Å². The summed E-state index contributed by atoms with van der Waals surface area (Å²) in [5.74, 6) is -1.13. The van der Waals surface area contributed by atoms with Crippen molar-refractivity contribution in [2.45, 2.75) is 74.9 Å². The normalized spacial score (nSPS) is 23.3. The van der Waals surface area contributed by atoms with Crippen LogP contribution in [0.4, 0.5) is 0 Å². The number of benzene rings is 1. The molecule has 4 N–H and O–H groups in total. The van der Waals surface area contributed by atoms with Gasteiger partial charge in [-0.25, -0.2) is 18.1 Å². The van der Waals surface area contributed by atoms with Crippen LogP contribution in [0.1, 0.15) is 45.6 Å². The molecule has 0 saturated carbocycles. The fraction of sp³-hybridized carbons (Fsp3) is 0.600. The summed E-state index contributed by atoms with van der Waals surface area (Å²) in [6.07, 6.45) is 4.14. The van der Waals surface area contributed by atoms with Crippen LogP contribution in [0.2, 0.25) is 5.02 Å². The van der Waals surface area contributed by atoms with Crippen molar-refractivity contribution in [1.82, 2.24) is 15.4 Å². The first-order chi connectivity index (χ1) is 14.5. The van der Waals surface area contributed by atoms with Crippen LogP contribution in [0.3, 0.4) is 0 Å². The molecule has 1 aromatic carbocycles. The predicted octanol–water partition coefficient (Wildman–Crippen LogP) is 2.99. The Morgan fingerprint density at radius 2 is 1.94 bits per heavy atom. The van der Waals surface area contributed by atoms with Gasteiger partial charge in [0.25, 0.3) is 10.0 Å². The minimum Gasteiger partial charge on any atom is -0.481 e. The Morgan fingerprint density at radius 3 is 2.42 bits per heavy atom. The first-order valence-corrected chi connectivity index (χ1v) is 13.1. The molecule has 1 fully saturated rings. The zero-order valence-electron chi connectivity index (χ0n) is 18.2. The minimum absolute atomic E-state index is 0.0134.